The molecule has 2 aliphatic heterocycles. The first-order valence-corrected chi connectivity index (χ1v) is 7.96. The van der Waals surface area contributed by atoms with E-state index in [1.54, 1.807) is 38.1 Å². The molecule has 128 valence electrons. The second-order valence-corrected chi connectivity index (χ2v) is 5.98. The van der Waals surface area contributed by atoms with Gasteiger partial charge in [0.15, 0.2) is 5.71 Å². The Balaban J connectivity index is 2.04. The summed E-state index contributed by atoms with van der Waals surface area (Å²) in [5.74, 6) is -1.12. The van der Waals surface area contributed by atoms with E-state index in [0.717, 1.165) is 0 Å². The van der Waals surface area contributed by atoms with Crippen molar-refractivity contribution in [2.24, 2.45) is 5.16 Å². The van der Waals surface area contributed by atoms with Crippen molar-refractivity contribution in [3.63, 3.8) is 0 Å². The highest BCUT2D eigenvalue weighted by Gasteiger charge is 2.57. The van der Waals surface area contributed by atoms with E-state index in [4.69, 9.17) is 21.2 Å². The predicted octanol–water partition coefficient (Wildman–Crippen LogP) is 2.56. The van der Waals surface area contributed by atoms with Gasteiger partial charge in [0.1, 0.15) is 11.6 Å². The van der Waals surface area contributed by atoms with E-state index in [2.05, 4.69) is 5.16 Å². The van der Waals surface area contributed by atoms with E-state index in [9.17, 15) is 14.9 Å². The molecule has 0 saturated carbocycles. The van der Waals surface area contributed by atoms with Crippen LogP contribution >= 0.6 is 11.6 Å². The lowest BCUT2D eigenvalue weighted by molar-refractivity contribution is -0.135. The number of anilines is 1. The van der Waals surface area contributed by atoms with Gasteiger partial charge in [-0.1, -0.05) is 16.8 Å². The molecule has 1 aromatic rings. The Hall–Kier alpha value is -2.85. The van der Waals surface area contributed by atoms with Crippen molar-refractivity contribution >= 4 is 34.9 Å². The molecule has 0 aliphatic carbocycles. The summed E-state index contributed by atoms with van der Waals surface area (Å²) >= 11 is 5.91. The molecule has 25 heavy (non-hydrogen) atoms. The molecule has 1 unspecified atom stereocenters. The van der Waals surface area contributed by atoms with Gasteiger partial charge in [-0.15, -0.1) is 0 Å². The van der Waals surface area contributed by atoms with E-state index in [0.29, 0.717) is 16.3 Å². The van der Waals surface area contributed by atoms with Gasteiger partial charge in [-0.05, 0) is 38.1 Å². The third-order valence-electron chi connectivity index (χ3n) is 4.16. The summed E-state index contributed by atoms with van der Waals surface area (Å²) in [7, 11) is 0. The van der Waals surface area contributed by atoms with Gasteiger partial charge in [0.05, 0.1) is 13.0 Å². The van der Waals surface area contributed by atoms with Crippen LogP contribution in [0.5, 0.6) is 0 Å². The van der Waals surface area contributed by atoms with Crippen LogP contribution in [0.25, 0.3) is 0 Å². The Morgan fingerprint density at radius 1 is 1.48 bits per heavy atom. The quantitative estimate of drug-likeness (QED) is 0.773. The number of esters is 1. The highest BCUT2D eigenvalue weighted by atomic mass is 35.5. The van der Waals surface area contributed by atoms with E-state index in [1.807, 2.05) is 6.07 Å². The number of carbonyl (C=O) groups is 2. The Bertz CT molecular complexity index is 854. The average molecular weight is 360 g/mol. The molecule has 0 fully saturated rings. The summed E-state index contributed by atoms with van der Waals surface area (Å²) in [6.07, 6.45) is -0.00276. The molecule has 1 amide bonds. The van der Waals surface area contributed by atoms with Crippen LogP contribution in [0.3, 0.4) is 0 Å². The maximum atomic E-state index is 12.8. The highest BCUT2D eigenvalue weighted by molar-refractivity contribution is 6.37. The van der Waals surface area contributed by atoms with Crippen LogP contribution in [0.2, 0.25) is 5.02 Å². The van der Waals surface area contributed by atoms with E-state index >= 15 is 0 Å². The molecule has 2 heterocycles. The zero-order chi connectivity index (χ0) is 18.2. The Kier molecular flexibility index (Phi) is 4.23. The van der Waals surface area contributed by atoms with E-state index < -0.39 is 17.6 Å². The topological polar surface area (TPSA) is 92.0 Å². The lowest BCUT2D eigenvalue weighted by Gasteiger charge is -2.33. The van der Waals surface area contributed by atoms with Gasteiger partial charge in [0, 0.05) is 16.3 Å². The maximum Gasteiger partial charge on any atom is 0.356 e. The third-order valence-corrected chi connectivity index (χ3v) is 4.41. The van der Waals surface area contributed by atoms with Crippen molar-refractivity contribution in [1.29, 1.82) is 5.26 Å². The number of hydrogen-bond donors (Lipinski definition) is 0. The number of rotatable bonds is 3. The minimum Gasteiger partial charge on any atom is -0.461 e. The van der Waals surface area contributed by atoms with Crippen LogP contribution in [-0.4, -0.2) is 29.9 Å². The Morgan fingerprint density at radius 3 is 2.76 bits per heavy atom. The first-order valence-electron chi connectivity index (χ1n) is 7.58. The maximum absolute atomic E-state index is 12.8. The number of ether oxygens (including phenoxy) is 1. The molecule has 0 N–H and O–H groups in total. The molecule has 1 aromatic carbocycles. The van der Waals surface area contributed by atoms with Gasteiger partial charge >= 0.3 is 5.97 Å². The molecule has 1 spiro atoms. The fraction of sp³-hybridized carbons (Fsp3) is 0.294. The molecule has 8 heteroatoms. The number of oxime groups is 1. The van der Waals surface area contributed by atoms with Crippen molar-refractivity contribution in [2.75, 3.05) is 11.5 Å². The number of carbonyl (C=O) groups excluding carboxylic acids is 2. The van der Waals surface area contributed by atoms with Crippen molar-refractivity contribution < 1.29 is 19.2 Å². The Morgan fingerprint density at radius 2 is 2.16 bits per heavy atom. The molecule has 0 radical (unpaired) electrons. The zero-order valence-corrected chi connectivity index (χ0v) is 14.3. The number of hydrogen-bond acceptors (Lipinski definition) is 6. The fourth-order valence-electron chi connectivity index (χ4n) is 2.91. The van der Waals surface area contributed by atoms with Crippen molar-refractivity contribution in [3.05, 3.63) is 40.4 Å². The molecule has 3 rings (SSSR count). The third kappa shape index (κ3) is 2.55. The lowest BCUT2D eigenvalue weighted by atomic mass is 9.97. The van der Waals surface area contributed by atoms with Crippen molar-refractivity contribution in [2.45, 2.75) is 26.0 Å². The van der Waals surface area contributed by atoms with Gasteiger partial charge < -0.3 is 9.57 Å². The molecule has 0 aromatic heterocycles. The summed E-state index contributed by atoms with van der Waals surface area (Å²) in [4.78, 5) is 31.6. The number of halogens is 1. The standard InChI is InChI=1S/C17H14ClN3O4/c1-3-24-16(23)14-8-17(25-20-14)10(2)13(9-19)15(22)21(17)12-6-4-11(18)5-7-12/h4-7H,3,8H2,1-2H3. The molecule has 0 saturated heterocycles. The molecule has 2 aliphatic rings. The molecule has 7 nitrogen and oxygen atoms in total. The minimum absolute atomic E-state index is 0.00276. The summed E-state index contributed by atoms with van der Waals surface area (Å²) in [5.41, 5.74) is -0.433. The monoisotopic (exact) mass is 359 g/mol. The van der Waals surface area contributed by atoms with Crippen molar-refractivity contribution in [3.8, 4) is 6.07 Å². The summed E-state index contributed by atoms with van der Waals surface area (Å²) in [5, 5.41) is 13.7. The summed E-state index contributed by atoms with van der Waals surface area (Å²) in [6, 6.07) is 8.44. The first kappa shape index (κ1) is 17.0. The van der Waals surface area contributed by atoms with Crippen LogP contribution < -0.4 is 4.90 Å². The van der Waals surface area contributed by atoms with E-state index in [-0.39, 0.29) is 24.3 Å². The second-order valence-electron chi connectivity index (χ2n) is 5.54. The number of benzene rings is 1. The number of nitriles is 1. The van der Waals surface area contributed by atoms with Crippen LogP contribution in [-0.2, 0) is 19.2 Å². The largest absolute Gasteiger partial charge is 0.461 e. The summed E-state index contributed by atoms with van der Waals surface area (Å²) < 4.78 is 4.95. The SMILES string of the molecule is CCOC(=O)C1=NOC2(C1)C(C)=C(C#N)C(=O)N2c1ccc(Cl)cc1. The normalized spacial score (nSPS) is 22.1. The number of nitrogens with zero attached hydrogens (tertiary/aromatic N) is 3. The van der Waals surface area contributed by atoms with Crippen LogP contribution in [0.15, 0.2) is 40.6 Å². The van der Waals surface area contributed by atoms with Gasteiger partial charge in [0.2, 0.25) is 5.72 Å². The average Bonchev–Trinajstić information content (AvgIpc) is 3.11. The molecule has 0 bridgehead atoms. The van der Waals surface area contributed by atoms with Gasteiger partial charge in [-0.25, -0.2) is 4.79 Å². The lowest BCUT2D eigenvalue weighted by Crippen LogP contribution is -2.49. The predicted molar refractivity (Wildman–Crippen MR) is 89.8 cm³/mol. The Labute approximate surface area is 149 Å². The van der Waals surface area contributed by atoms with Gasteiger partial charge in [0.25, 0.3) is 5.91 Å². The van der Waals surface area contributed by atoms with Gasteiger partial charge in [-0.2, -0.15) is 5.26 Å². The van der Waals surface area contributed by atoms with Crippen molar-refractivity contribution in [1.82, 2.24) is 0 Å². The van der Waals surface area contributed by atoms with Crippen LogP contribution in [0.1, 0.15) is 20.3 Å². The molecule has 1 atom stereocenters. The summed E-state index contributed by atoms with van der Waals surface area (Å²) in [6.45, 7) is 3.50. The molecular weight excluding hydrogens is 346 g/mol. The smallest absolute Gasteiger partial charge is 0.356 e. The highest BCUT2D eigenvalue weighted by Crippen LogP contribution is 2.45. The first-order chi connectivity index (χ1) is 11.9. The minimum atomic E-state index is -1.35. The van der Waals surface area contributed by atoms with E-state index in [1.165, 1.54) is 4.90 Å². The fourth-order valence-corrected chi connectivity index (χ4v) is 3.04. The zero-order valence-electron chi connectivity index (χ0n) is 13.6. The van der Waals surface area contributed by atoms with Crippen LogP contribution in [0.4, 0.5) is 5.69 Å². The molecular formula is C17H14ClN3O4. The van der Waals surface area contributed by atoms with Gasteiger partial charge in [-0.3, -0.25) is 9.69 Å². The second kappa shape index (κ2) is 6.22. The number of amides is 1. The van der Waals surface area contributed by atoms with Crippen LogP contribution in [0, 0.1) is 11.3 Å².